The van der Waals surface area contributed by atoms with Gasteiger partial charge < -0.3 is 15.4 Å². The zero-order valence-electron chi connectivity index (χ0n) is 11.9. The van der Waals surface area contributed by atoms with Crippen molar-refractivity contribution >= 4 is 40.7 Å². The van der Waals surface area contributed by atoms with Gasteiger partial charge in [-0.2, -0.15) is 11.8 Å². The van der Waals surface area contributed by atoms with E-state index in [4.69, 9.17) is 17.0 Å². The van der Waals surface area contributed by atoms with Gasteiger partial charge in [-0.3, -0.25) is 0 Å². The maximum absolute atomic E-state index is 11.7. The van der Waals surface area contributed by atoms with E-state index < -0.39 is 6.04 Å². The first-order chi connectivity index (χ1) is 9.56. The van der Waals surface area contributed by atoms with E-state index in [9.17, 15) is 4.79 Å². The molecule has 6 heteroatoms. The average molecular weight is 312 g/mol. The summed E-state index contributed by atoms with van der Waals surface area (Å²) in [6.45, 7) is 2.02. The summed E-state index contributed by atoms with van der Waals surface area (Å²) in [6.07, 6.45) is 2.67. The van der Waals surface area contributed by atoms with Gasteiger partial charge in [0.2, 0.25) is 0 Å². The summed E-state index contributed by atoms with van der Waals surface area (Å²) in [7, 11) is 1.38. The van der Waals surface area contributed by atoms with Crippen LogP contribution in [0.5, 0.6) is 0 Å². The van der Waals surface area contributed by atoms with Gasteiger partial charge in [0, 0.05) is 5.69 Å². The van der Waals surface area contributed by atoms with Crippen LogP contribution in [-0.2, 0) is 9.53 Å². The molecule has 1 rings (SSSR count). The Morgan fingerprint density at radius 2 is 2.05 bits per heavy atom. The van der Waals surface area contributed by atoms with Crippen molar-refractivity contribution in [1.29, 1.82) is 0 Å². The van der Waals surface area contributed by atoms with Crippen molar-refractivity contribution in [3.05, 3.63) is 29.8 Å². The number of benzene rings is 1. The zero-order chi connectivity index (χ0) is 15.0. The molecule has 1 atom stereocenters. The highest BCUT2D eigenvalue weighted by Gasteiger charge is 2.19. The second-order valence-electron chi connectivity index (χ2n) is 4.32. The van der Waals surface area contributed by atoms with Gasteiger partial charge in [0.05, 0.1) is 7.11 Å². The van der Waals surface area contributed by atoms with E-state index in [0.29, 0.717) is 11.5 Å². The van der Waals surface area contributed by atoms with Crippen LogP contribution < -0.4 is 10.6 Å². The number of esters is 1. The maximum atomic E-state index is 11.7. The lowest BCUT2D eigenvalue weighted by atomic mass is 10.2. The van der Waals surface area contributed by atoms with Crippen LogP contribution in [0.4, 0.5) is 5.69 Å². The number of thiocarbonyl (C=S) groups is 1. The van der Waals surface area contributed by atoms with Gasteiger partial charge in [-0.25, -0.2) is 4.79 Å². The Morgan fingerprint density at radius 1 is 1.40 bits per heavy atom. The lowest BCUT2D eigenvalue weighted by Gasteiger charge is -2.18. The smallest absolute Gasteiger partial charge is 0.328 e. The molecule has 0 heterocycles. The molecule has 0 bridgehead atoms. The van der Waals surface area contributed by atoms with E-state index >= 15 is 0 Å². The molecule has 0 aromatic heterocycles. The van der Waals surface area contributed by atoms with Crippen LogP contribution in [0.1, 0.15) is 12.0 Å². The number of aryl methyl sites for hydroxylation is 1. The lowest BCUT2D eigenvalue weighted by Crippen LogP contribution is -2.43. The third-order valence-electron chi connectivity index (χ3n) is 2.71. The predicted octanol–water partition coefficient (Wildman–Crippen LogP) is 2.58. The molecule has 0 aliphatic heterocycles. The summed E-state index contributed by atoms with van der Waals surface area (Å²) in [6, 6.07) is 7.46. The number of carbonyl (C=O) groups is 1. The third-order valence-corrected chi connectivity index (χ3v) is 3.57. The largest absolute Gasteiger partial charge is 0.467 e. The van der Waals surface area contributed by atoms with Gasteiger partial charge in [0.25, 0.3) is 0 Å². The minimum Gasteiger partial charge on any atom is -0.467 e. The summed E-state index contributed by atoms with van der Waals surface area (Å²) in [5.74, 6) is 0.562. The van der Waals surface area contributed by atoms with Crippen molar-refractivity contribution in [1.82, 2.24) is 5.32 Å². The van der Waals surface area contributed by atoms with Crippen molar-refractivity contribution in [3.8, 4) is 0 Å². The Kier molecular flexibility index (Phi) is 7.40. The molecular weight excluding hydrogens is 292 g/mol. The lowest BCUT2D eigenvalue weighted by molar-refractivity contribution is -0.142. The van der Waals surface area contributed by atoms with E-state index in [2.05, 4.69) is 10.6 Å². The summed E-state index contributed by atoms with van der Waals surface area (Å²) >= 11 is 6.90. The second kappa shape index (κ2) is 8.81. The first-order valence-corrected chi connectivity index (χ1v) is 8.08. The third kappa shape index (κ3) is 5.79. The molecule has 4 nitrogen and oxygen atoms in total. The van der Waals surface area contributed by atoms with E-state index in [0.717, 1.165) is 11.4 Å². The van der Waals surface area contributed by atoms with Gasteiger partial charge in [-0.15, -0.1) is 0 Å². The number of ether oxygens (including phenoxy) is 1. The van der Waals surface area contributed by atoms with Gasteiger partial charge in [0.15, 0.2) is 5.11 Å². The Labute approximate surface area is 129 Å². The molecule has 0 saturated carbocycles. The quantitative estimate of drug-likeness (QED) is 0.622. The first kappa shape index (κ1) is 16.8. The Bertz CT molecular complexity index is 449. The van der Waals surface area contributed by atoms with Crippen molar-refractivity contribution in [3.63, 3.8) is 0 Å². The van der Waals surface area contributed by atoms with Crippen LogP contribution in [0.3, 0.4) is 0 Å². The first-order valence-electron chi connectivity index (χ1n) is 6.27. The molecule has 2 N–H and O–H groups in total. The Hall–Kier alpha value is -1.27. The number of rotatable bonds is 6. The Balaban J connectivity index is 2.56. The standard InChI is InChI=1S/C14H20N2O2S2/c1-10-4-6-11(7-5-10)15-14(19)16-12(8-9-20-3)13(17)18-2/h4-7,12H,8-9H2,1-3H3,(H2,15,16,19)/t12-/m0/s1. The normalized spacial score (nSPS) is 11.6. The van der Waals surface area contributed by atoms with Gasteiger partial charge in [-0.1, -0.05) is 17.7 Å². The summed E-state index contributed by atoms with van der Waals surface area (Å²) < 4.78 is 4.78. The van der Waals surface area contributed by atoms with Crippen LogP contribution in [0.15, 0.2) is 24.3 Å². The van der Waals surface area contributed by atoms with Gasteiger partial charge in [0.1, 0.15) is 6.04 Å². The van der Waals surface area contributed by atoms with Crippen molar-refractivity contribution in [2.24, 2.45) is 0 Å². The van der Waals surface area contributed by atoms with Crippen molar-refractivity contribution in [2.45, 2.75) is 19.4 Å². The summed E-state index contributed by atoms with van der Waals surface area (Å²) in [5, 5.41) is 6.48. The number of thioether (sulfide) groups is 1. The fraction of sp³-hybridized carbons (Fsp3) is 0.429. The maximum Gasteiger partial charge on any atom is 0.328 e. The van der Waals surface area contributed by atoms with Crippen molar-refractivity contribution < 1.29 is 9.53 Å². The van der Waals surface area contributed by atoms with Gasteiger partial charge in [-0.05, 0) is 49.7 Å². The van der Waals surface area contributed by atoms with E-state index in [1.54, 1.807) is 11.8 Å². The number of anilines is 1. The number of nitrogens with one attached hydrogen (secondary N) is 2. The van der Waals surface area contributed by atoms with Crippen LogP contribution in [0, 0.1) is 6.92 Å². The topological polar surface area (TPSA) is 50.4 Å². The predicted molar refractivity (Wildman–Crippen MR) is 89.3 cm³/mol. The average Bonchev–Trinajstić information content (AvgIpc) is 2.45. The number of carbonyl (C=O) groups excluding carboxylic acids is 1. The van der Waals surface area contributed by atoms with Crippen LogP contribution in [0.25, 0.3) is 0 Å². The molecule has 110 valence electrons. The molecule has 0 unspecified atom stereocenters. The van der Waals surface area contributed by atoms with Crippen LogP contribution in [-0.4, -0.2) is 36.2 Å². The summed E-state index contributed by atoms with van der Waals surface area (Å²) in [5.41, 5.74) is 2.07. The molecule has 1 aromatic rings. The van der Waals surface area contributed by atoms with E-state index in [1.807, 2.05) is 37.4 Å². The minimum atomic E-state index is -0.419. The van der Waals surface area contributed by atoms with E-state index in [1.165, 1.54) is 12.7 Å². The molecule has 20 heavy (non-hydrogen) atoms. The van der Waals surface area contributed by atoms with Crippen LogP contribution in [0.2, 0.25) is 0 Å². The highest BCUT2D eigenvalue weighted by molar-refractivity contribution is 7.98. The molecule has 0 spiro atoms. The molecule has 0 aliphatic carbocycles. The molecule has 1 aromatic carbocycles. The highest BCUT2D eigenvalue weighted by atomic mass is 32.2. The molecule has 0 aliphatic rings. The monoisotopic (exact) mass is 312 g/mol. The van der Waals surface area contributed by atoms with Crippen LogP contribution >= 0.6 is 24.0 Å². The Morgan fingerprint density at radius 3 is 2.60 bits per heavy atom. The highest BCUT2D eigenvalue weighted by Crippen LogP contribution is 2.09. The number of hydrogen-bond donors (Lipinski definition) is 2. The SMILES string of the molecule is COC(=O)[C@H](CCSC)NC(=S)Nc1ccc(C)cc1. The second-order valence-corrected chi connectivity index (χ2v) is 5.72. The van der Waals surface area contributed by atoms with Gasteiger partial charge >= 0.3 is 5.97 Å². The molecule has 0 saturated heterocycles. The number of hydrogen-bond acceptors (Lipinski definition) is 4. The molecular formula is C14H20N2O2S2. The fourth-order valence-corrected chi connectivity index (χ4v) is 2.32. The zero-order valence-corrected chi connectivity index (χ0v) is 13.6. The minimum absolute atomic E-state index is 0.299. The van der Waals surface area contributed by atoms with Crippen molar-refractivity contribution in [2.75, 3.05) is 24.4 Å². The molecule has 0 fully saturated rings. The fourth-order valence-electron chi connectivity index (χ4n) is 1.59. The molecule has 0 amide bonds. The summed E-state index contributed by atoms with van der Waals surface area (Å²) in [4.78, 5) is 11.7. The van der Waals surface area contributed by atoms with E-state index in [-0.39, 0.29) is 5.97 Å². The number of methoxy groups -OCH3 is 1. The molecule has 0 radical (unpaired) electrons.